The number of thiazole rings is 1. The van der Waals surface area contributed by atoms with E-state index in [-0.39, 0.29) is 10.0 Å². The van der Waals surface area contributed by atoms with Crippen LogP contribution in [0.2, 0.25) is 0 Å². The standard InChI is InChI=1S/C9H10N4O4S2/c1-4-5(2)11-12-7(4)13-19(16,17)9-6(8(14)15)10-3-18-9/h3H,1-2H3,(H,14,15)(H2,11,12,13). The Morgan fingerprint density at radius 2 is 2.16 bits per heavy atom. The lowest BCUT2D eigenvalue weighted by molar-refractivity contribution is 0.0687. The smallest absolute Gasteiger partial charge is 0.356 e. The second-order valence-electron chi connectivity index (χ2n) is 3.72. The molecule has 0 aromatic carbocycles. The fourth-order valence-electron chi connectivity index (χ4n) is 1.33. The summed E-state index contributed by atoms with van der Waals surface area (Å²) in [5, 5.41) is 15.3. The average molecular weight is 302 g/mol. The molecule has 102 valence electrons. The Bertz CT molecular complexity index is 731. The van der Waals surface area contributed by atoms with Crippen molar-refractivity contribution in [3.63, 3.8) is 0 Å². The predicted molar refractivity (Wildman–Crippen MR) is 67.9 cm³/mol. The van der Waals surface area contributed by atoms with Gasteiger partial charge in [0.25, 0.3) is 10.0 Å². The van der Waals surface area contributed by atoms with E-state index in [0.29, 0.717) is 5.56 Å². The van der Waals surface area contributed by atoms with Gasteiger partial charge in [0.05, 0.1) is 5.51 Å². The summed E-state index contributed by atoms with van der Waals surface area (Å²) in [6, 6.07) is 0. The molecule has 2 aromatic rings. The molecule has 0 bridgehead atoms. The van der Waals surface area contributed by atoms with Crippen LogP contribution in [-0.2, 0) is 10.0 Å². The Labute approximate surface area is 112 Å². The van der Waals surface area contributed by atoms with Gasteiger partial charge < -0.3 is 5.11 Å². The molecule has 0 radical (unpaired) electrons. The maximum absolute atomic E-state index is 12.1. The van der Waals surface area contributed by atoms with Gasteiger partial charge in [-0.15, -0.1) is 11.3 Å². The van der Waals surface area contributed by atoms with Crippen molar-refractivity contribution in [2.75, 3.05) is 4.72 Å². The van der Waals surface area contributed by atoms with Crippen molar-refractivity contribution in [2.45, 2.75) is 18.1 Å². The van der Waals surface area contributed by atoms with Gasteiger partial charge in [-0.05, 0) is 13.8 Å². The molecular weight excluding hydrogens is 292 g/mol. The quantitative estimate of drug-likeness (QED) is 0.773. The van der Waals surface area contributed by atoms with Crippen molar-refractivity contribution in [3.8, 4) is 0 Å². The zero-order chi connectivity index (χ0) is 14.2. The van der Waals surface area contributed by atoms with Crippen LogP contribution in [0.3, 0.4) is 0 Å². The fourth-order valence-corrected chi connectivity index (χ4v) is 3.53. The number of aromatic nitrogens is 3. The Morgan fingerprint density at radius 1 is 1.47 bits per heavy atom. The van der Waals surface area contributed by atoms with E-state index < -0.39 is 21.7 Å². The minimum atomic E-state index is -4.01. The van der Waals surface area contributed by atoms with E-state index in [1.54, 1.807) is 13.8 Å². The molecule has 8 nitrogen and oxygen atoms in total. The van der Waals surface area contributed by atoms with E-state index in [4.69, 9.17) is 5.11 Å². The fraction of sp³-hybridized carbons (Fsp3) is 0.222. The van der Waals surface area contributed by atoms with Gasteiger partial charge in [-0.25, -0.2) is 18.2 Å². The van der Waals surface area contributed by atoms with Crippen molar-refractivity contribution in [2.24, 2.45) is 0 Å². The zero-order valence-corrected chi connectivity index (χ0v) is 11.6. The molecule has 0 saturated heterocycles. The van der Waals surface area contributed by atoms with Gasteiger partial charge in [-0.2, -0.15) is 5.10 Å². The summed E-state index contributed by atoms with van der Waals surface area (Å²) in [4.78, 5) is 14.4. The molecule has 2 rings (SSSR count). The van der Waals surface area contributed by atoms with Crippen LogP contribution in [0.1, 0.15) is 21.7 Å². The van der Waals surface area contributed by atoms with Crippen LogP contribution in [0.25, 0.3) is 0 Å². The number of aromatic amines is 1. The van der Waals surface area contributed by atoms with Gasteiger partial charge in [0.2, 0.25) is 0 Å². The Morgan fingerprint density at radius 3 is 2.68 bits per heavy atom. The zero-order valence-electron chi connectivity index (χ0n) is 9.96. The number of hydrogen-bond donors (Lipinski definition) is 3. The molecule has 0 aliphatic rings. The largest absolute Gasteiger partial charge is 0.476 e. The van der Waals surface area contributed by atoms with Crippen LogP contribution in [0.15, 0.2) is 9.72 Å². The lowest BCUT2D eigenvalue weighted by Gasteiger charge is -2.04. The molecule has 19 heavy (non-hydrogen) atoms. The summed E-state index contributed by atoms with van der Waals surface area (Å²) in [5.41, 5.74) is 2.04. The number of sulfonamides is 1. The average Bonchev–Trinajstić information content (AvgIpc) is 2.91. The highest BCUT2D eigenvalue weighted by Gasteiger charge is 2.27. The van der Waals surface area contributed by atoms with Crippen molar-refractivity contribution >= 4 is 33.1 Å². The molecule has 0 fully saturated rings. The summed E-state index contributed by atoms with van der Waals surface area (Å²) in [7, 11) is -4.01. The number of H-pyrrole nitrogens is 1. The first-order chi connectivity index (χ1) is 8.83. The molecule has 0 saturated carbocycles. The van der Waals surface area contributed by atoms with E-state index >= 15 is 0 Å². The number of carboxylic acids is 1. The molecule has 0 aliphatic heterocycles. The number of nitrogens with zero attached hydrogens (tertiary/aromatic N) is 2. The van der Waals surface area contributed by atoms with Gasteiger partial charge in [-0.3, -0.25) is 9.82 Å². The molecule has 0 spiro atoms. The number of nitrogens with one attached hydrogen (secondary N) is 2. The molecule has 0 atom stereocenters. The normalized spacial score (nSPS) is 11.5. The lowest BCUT2D eigenvalue weighted by atomic mass is 10.3. The molecule has 0 aliphatic carbocycles. The van der Waals surface area contributed by atoms with E-state index in [1.807, 2.05) is 0 Å². The number of aromatic carboxylic acids is 1. The first kappa shape index (κ1) is 13.5. The molecule has 10 heteroatoms. The van der Waals surface area contributed by atoms with E-state index in [9.17, 15) is 13.2 Å². The highest BCUT2D eigenvalue weighted by Crippen LogP contribution is 2.24. The number of carboxylic acid groups (broad SMARTS) is 1. The van der Waals surface area contributed by atoms with Gasteiger partial charge in [0, 0.05) is 11.3 Å². The minimum absolute atomic E-state index is 0.141. The van der Waals surface area contributed by atoms with E-state index in [1.165, 1.54) is 5.51 Å². The maximum Gasteiger partial charge on any atom is 0.356 e. The summed E-state index contributed by atoms with van der Waals surface area (Å²) < 4.78 is 26.1. The van der Waals surface area contributed by atoms with Gasteiger partial charge in [-0.1, -0.05) is 0 Å². The molecule has 2 heterocycles. The number of hydrogen-bond acceptors (Lipinski definition) is 6. The maximum atomic E-state index is 12.1. The number of anilines is 1. The van der Waals surface area contributed by atoms with Crippen LogP contribution in [0.4, 0.5) is 5.82 Å². The monoisotopic (exact) mass is 302 g/mol. The predicted octanol–water partition coefficient (Wildman–Crippen LogP) is 0.982. The Balaban J connectivity index is 2.41. The summed E-state index contributed by atoms with van der Waals surface area (Å²) in [6.45, 7) is 3.44. The van der Waals surface area contributed by atoms with E-state index in [0.717, 1.165) is 17.0 Å². The van der Waals surface area contributed by atoms with Gasteiger partial charge in [0.1, 0.15) is 0 Å². The molecule has 2 aromatic heterocycles. The number of aryl methyl sites for hydroxylation is 1. The topological polar surface area (TPSA) is 125 Å². The molecule has 0 unspecified atom stereocenters. The summed E-state index contributed by atoms with van der Waals surface area (Å²) in [5.74, 6) is -1.25. The molecule has 3 N–H and O–H groups in total. The van der Waals surface area contributed by atoms with Crippen molar-refractivity contribution in [3.05, 3.63) is 22.5 Å². The second kappa shape index (κ2) is 4.63. The highest BCUT2D eigenvalue weighted by molar-refractivity contribution is 7.94. The number of carbonyl (C=O) groups is 1. The van der Waals surface area contributed by atoms with Gasteiger partial charge in [0.15, 0.2) is 15.7 Å². The minimum Gasteiger partial charge on any atom is -0.476 e. The lowest BCUT2D eigenvalue weighted by Crippen LogP contribution is -2.16. The highest BCUT2D eigenvalue weighted by atomic mass is 32.2. The third kappa shape index (κ3) is 2.44. The molecule has 0 amide bonds. The first-order valence-electron chi connectivity index (χ1n) is 5.04. The summed E-state index contributed by atoms with van der Waals surface area (Å²) >= 11 is 0.736. The SMILES string of the molecule is Cc1[nH]nc(NS(=O)(=O)c2scnc2C(=O)O)c1C. The first-order valence-corrected chi connectivity index (χ1v) is 7.40. The van der Waals surface area contributed by atoms with Crippen LogP contribution >= 0.6 is 11.3 Å². The van der Waals surface area contributed by atoms with Crippen LogP contribution < -0.4 is 4.72 Å². The number of rotatable bonds is 4. The van der Waals surface area contributed by atoms with Crippen LogP contribution in [-0.4, -0.2) is 34.7 Å². The van der Waals surface area contributed by atoms with Crippen LogP contribution in [0.5, 0.6) is 0 Å². The van der Waals surface area contributed by atoms with Crippen LogP contribution in [0, 0.1) is 13.8 Å². The third-order valence-corrected chi connectivity index (χ3v) is 5.17. The van der Waals surface area contributed by atoms with Crippen molar-refractivity contribution in [1.29, 1.82) is 0 Å². The van der Waals surface area contributed by atoms with Crippen molar-refractivity contribution in [1.82, 2.24) is 15.2 Å². The second-order valence-corrected chi connectivity index (χ2v) is 6.45. The van der Waals surface area contributed by atoms with Gasteiger partial charge >= 0.3 is 5.97 Å². The Kier molecular flexibility index (Phi) is 3.28. The summed E-state index contributed by atoms with van der Waals surface area (Å²) in [6.07, 6.45) is 0. The molecular formula is C9H10N4O4S2. The third-order valence-electron chi connectivity index (χ3n) is 2.47. The van der Waals surface area contributed by atoms with Crippen molar-refractivity contribution < 1.29 is 18.3 Å². The Hall–Kier alpha value is -1.94. The van der Waals surface area contributed by atoms with E-state index in [2.05, 4.69) is 19.9 Å².